The minimum atomic E-state index is 0.830. The largest absolute Gasteiger partial charge is 0.453 e. The minimum absolute atomic E-state index is 0.830. The number of benzene rings is 9. The third-order valence-electron chi connectivity index (χ3n) is 14.5. The molecule has 1 aliphatic rings. The van der Waals surface area contributed by atoms with E-state index in [4.69, 9.17) is 4.74 Å². The van der Waals surface area contributed by atoms with Gasteiger partial charge in [0, 0.05) is 30.2 Å². The molecule has 0 unspecified atom stereocenters. The van der Waals surface area contributed by atoms with Gasteiger partial charge in [0.05, 0.1) is 11.4 Å². The Bertz CT molecular complexity index is 3060. The summed E-state index contributed by atoms with van der Waals surface area (Å²) in [5.41, 5.74) is 22.3. The first kappa shape index (κ1) is 49.7. The van der Waals surface area contributed by atoms with Crippen molar-refractivity contribution in [2.45, 2.75) is 91.9 Å². The Morgan fingerprint density at radius 2 is 0.635 bits per heavy atom. The molecule has 9 aromatic rings. The predicted molar refractivity (Wildman–Crippen MR) is 318 cm³/mol. The molecule has 0 aromatic heterocycles. The van der Waals surface area contributed by atoms with E-state index in [1.54, 1.807) is 0 Å². The number of hydrogen-bond donors (Lipinski definition) is 2. The van der Waals surface area contributed by atoms with E-state index in [-0.39, 0.29) is 0 Å². The summed E-state index contributed by atoms with van der Waals surface area (Å²) in [6.45, 7) is 10.9. The smallest absolute Gasteiger partial charge is 0.151 e. The van der Waals surface area contributed by atoms with E-state index >= 15 is 0 Å². The lowest BCUT2D eigenvalue weighted by atomic mass is 9.89. The van der Waals surface area contributed by atoms with Crippen molar-refractivity contribution in [1.82, 2.24) is 0 Å². The maximum Gasteiger partial charge on any atom is 0.151 e. The number of aryl methyl sites for hydroxylation is 2. The standard InChI is InChI=1S/C70H71N3O/c1-5-9-17-50-23-27-52(28-24-50)56-41-58(54-31-35-64(36-32-54)71-39-11-7-3)45-60(43-56)62-47-63(49-66(48-62)73-67-19-13-15-21-69(67)74-70-22-16-14-20-68(70)73)61-44-57(53-29-25-51(26-30-53)18-10-6-2)42-59(46-61)55-33-37-65(38-34-55)72-40-12-8-4/h13-16,19-38,41-49,71-72H,5-12,17-18,39-40H2,1-4H3. The van der Waals surface area contributed by atoms with E-state index < -0.39 is 0 Å². The molecule has 74 heavy (non-hydrogen) atoms. The van der Waals surface area contributed by atoms with Crippen LogP contribution in [-0.2, 0) is 12.8 Å². The van der Waals surface area contributed by atoms with Crippen LogP contribution >= 0.6 is 0 Å². The van der Waals surface area contributed by atoms with Crippen LogP contribution in [0.2, 0.25) is 0 Å². The minimum Gasteiger partial charge on any atom is -0.453 e. The fourth-order valence-corrected chi connectivity index (χ4v) is 10.2. The summed E-state index contributed by atoms with van der Waals surface area (Å²) in [4.78, 5) is 2.38. The van der Waals surface area contributed by atoms with Gasteiger partial charge in [0.2, 0.25) is 0 Å². The van der Waals surface area contributed by atoms with Gasteiger partial charge >= 0.3 is 0 Å². The number of rotatable bonds is 21. The van der Waals surface area contributed by atoms with Crippen molar-refractivity contribution in [1.29, 1.82) is 0 Å². The molecule has 0 saturated heterocycles. The molecule has 2 N–H and O–H groups in total. The van der Waals surface area contributed by atoms with Crippen molar-refractivity contribution in [3.63, 3.8) is 0 Å². The van der Waals surface area contributed by atoms with Crippen LogP contribution in [0.25, 0.3) is 66.8 Å². The van der Waals surface area contributed by atoms with Gasteiger partial charge in [-0.15, -0.1) is 0 Å². The first-order valence-corrected chi connectivity index (χ1v) is 27.5. The zero-order chi connectivity index (χ0) is 50.6. The lowest BCUT2D eigenvalue weighted by Gasteiger charge is -2.33. The fourth-order valence-electron chi connectivity index (χ4n) is 10.2. The molecule has 9 aromatic carbocycles. The fraction of sp³-hybridized carbons (Fsp3) is 0.229. The summed E-state index contributed by atoms with van der Waals surface area (Å²) in [6, 6.07) is 74.8. The van der Waals surface area contributed by atoms with Gasteiger partial charge in [0.15, 0.2) is 11.5 Å². The molecular formula is C70H71N3O. The molecule has 1 aliphatic heterocycles. The summed E-state index contributed by atoms with van der Waals surface area (Å²) < 4.78 is 6.60. The molecule has 0 spiro atoms. The zero-order valence-electron chi connectivity index (χ0n) is 43.9. The van der Waals surface area contributed by atoms with E-state index in [1.165, 1.54) is 81.3 Å². The van der Waals surface area contributed by atoms with Crippen molar-refractivity contribution in [2.75, 3.05) is 28.6 Å². The van der Waals surface area contributed by atoms with E-state index in [2.05, 4.69) is 243 Å². The van der Waals surface area contributed by atoms with Crippen LogP contribution in [0.5, 0.6) is 11.5 Å². The van der Waals surface area contributed by atoms with Gasteiger partial charge in [-0.2, -0.15) is 0 Å². The van der Waals surface area contributed by atoms with Gasteiger partial charge in [-0.1, -0.05) is 150 Å². The number of nitrogens with one attached hydrogen (secondary N) is 2. The maximum absolute atomic E-state index is 6.60. The average Bonchev–Trinajstić information content (AvgIpc) is 3.46. The van der Waals surface area contributed by atoms with Gasteiger partial charge in [0.1, 0.15) is 0 Å². The van der Waals surface area contributed by atoms with Gasteiger partial charge in [-0.3, -0.25) is 0 Å². The molecule has 4 heteroatoms. The molecule has 0 aliphatic carbocycles. The number of hydrogen-bond acceptors (Lipinski definition) is 4. The number of anilines is 5. The summed E-state index contributed by atoms with van der Waals surface area (Å²) >= 11 is 0. The Morgan fingerprint density at radius 3 is 0.986 bits per heavy atom. The SMILES string of the molecule is CCCCNc1ccc(-c2cc(-c3ccc(CCCC)cc3)cc(-c3cc(-c4cc(-c5ccc(CCCC)cc5)cc(-c5ccc(NCCCC)cc5)c4)cc(N4c5ccccc5Oc5ccccc54)c3)c2)cc1. The number of para-hydroxylation sites is 4. The van der Waals surface area contributed by atoms with Gasteiger partial charge in [-0.25, -0.2) is 0 Å². The predicted octanol–water partition coefficient (Wildman–Crippen LogP) is 20.4. The van der Waals surface area contributed by atoms with Crippen LogP contribution in [0.1, 0.15) is 90.2 Å². The monoisotopic (exact) mass is 970 g/mol. The average molecular weight is 970 g/mol. The van der Waals surface area contributed by atoms with Crippen LogP contribution in [-0.4, -0.2) is 13.1 Å². The Labute approximate surface area is 441 Å². The van der Waals surface area contributed by atoms with Crippen LogP contribution in [0.15, 0.2) is 200 Å². The summed E-state index contributed by atoms with van der Waals surface area (Å²) in [7, 11) is 0. The number of unbranched alkanes of at least 4 members (excludes halogenated alkanes) is 4. The van der Waals surface area contributed by atoms with Gasteiger partial charge < -0.3 is 20.3 Å². The second-order valence-corrected chi connectivity index (χ2v) is 20.1. The van der Waals surface area contributed by atoms with Crippen molar-refractivity contribution < 1.29 is 4.74 Å². The second kappa shape index (κ2) is 23.8. The molecule has 10 rings (SSSR count). The van der Waals surface area contributed by atoms with E-state index in [0.717, 1.165) is 114 Å². The quantitative estimate of drug-likeness (QED) is 0.0704. The number of nitrogens with zero attached hydrogens (tertiary/aromatic N) is 1. The third-order valence-corrected chi connectivity index (χ3v) is 14.5. The van der Waals surface area contributed by atoms with E-state index in [0.29, 0.717) is 0 Å². The molecule has 0 fully saturated rings. The highest BCUT2D eigenvalue weighted by Crippen LogP contribution is 2.52. The molecule has 0 radical (unpaired) electrons. The molecule has 1 heterocycles. The molecule has 0 bridgehead atoms. The first-order chi connectivity index (χ1) is 36.5. The molecule has 0 saturated carbocycles. The number of ether oxygens (including phenoxy) is 1. The Hall–Kier alpha value is -7.82. The van der Waals surface area contributed by atoms with Crippen molar-refractivity contribution in [3.8, 4) is 78.3 Å². The van der Waals surface area contributed by atoms with Crippen molar-refractivity contribution in [3.05, 3.63) is 211 Å². The van der Waals surface area contributed by atoms with Crippen LogP contribution in [0.3, 0.4) is 0 Å². The summed E-state index contributed by atoms with van der Waals surface area (Å²) in [5, 5.41) is 7.25. The lowest BCUT2D eigenvalue weighted by Crippen LogP contribution is -2.15. The Kier molecular flexibility index (Phi) is 16.0. The molecule has 0 atom stereocenters. The normalized spacial score (nSPS) is 11.7. The van der Waals surface area contributed by atoms with Crippen molar-refractivity contribution in [2.24, 2.45) is 0 Å². The summed E-state index contributed by atoms with van der Waals surface area (Å²) in [5.74, 6) is 1.66. The summed E-state index contributed by atoms with van der Waals surface area (Å²) in [6.07, 6.45) is 11.6. The highest BCUT2D eigenvalue weighted by Gasteiger charge is 2.26. The highest BCUT2D eigenvalue weighted by molar-refractivity contribution is 5.93. The van der Waals surface area contributed by atoms with Gasteiger partial charge in [0.25, 0.3) is 0 Å². The molecule has 372 valence electrons. The van der Waals surface area contributed by atoms with Crippen molar-refractivity contribution >= 4 is 28.4 Å². The van der Waals surface area contributed by atoms with Gasteiger partial charge in [-0.05, 0) is 220 Å². The first-order valence-electron chi connectivity index (χ1n) is 27.5. The third kappa shape index (κ3) is 11.7. The van der Waals surface area contributed by atoms with Crippen LogP contribution in [0, 0.1) is 0 Å². The van der Waals surface area contributed by atoms with E-state index in [9.17, 15) is 0 Å². The molecular weight excluding hydrogens is 899 g/mol. The topological polar surface area (TPSA) is 36.5 Å². The maximum atomic E-state index is 6.60. The highest BCUT2D eigenvalue weighted by atomic mass is 16.5. The second-order valence-electron chi connectivity index (χ2n) is 20.1. The Balaban J connectivity index is 1.17. The zero-order valence-corrected chi connectivity index (χ0v) is 43.9. The van der Waals surface area contributed by atoms with Crippen LogP contribution in [0.4, 0.5) is 28.4 Å². The molecule has 4 nitrogen and oxygen atoms in total. The molecule has 0 amide bonds. The lowest BCUT2D eigenvalue weighted by molar-refractivity contribution is 0.477. The van der Waals surface area contributed by atoms with Crippen LogP contribution < -0.4 is 20.3 Å². The van der Waals surface area contributed by atoms with E-state index in [1.807, 2.05) is 0 Å². The number of fused-ring (bicyclic) bond motifs is 2. The Morgan fingerprint density at radius 1 is 0.324 bits per heavy atom.